The number of nitrogens with two attached hydrogens (primary N) is 1. The van der Waals surface area contributed by atoms with Crippen LogP contribution in [0, 0.1) is 0 Å². The van der Waals surface area contributed by atoms with Crippen LogP contribution < -0.4 is 5.73 Å². The summed E-state index contributed by atoms with van der Waals surface area (Å²) >= 11 is 0. The number of aromatic hydroxyl groups is 1. The molecule has 1 atom stereocenters. The molecule has 6 heteroatoms. The third-order valence-electron chi connectivity index (χ3n) is 2.19. The predicted octanol–water partition coefficient (Wildman–Crippen LogP) is 0.982. The molecule has 1 aromatic rings. The maximum atomic E-state index is 12.6. The van der Waals surface area contributed by atoms with Gasteiger partial charge in [0, 0.05) is 6.42 Å². The first-order valence-corrected chi connectivity index (χ1v) is 4.44. The summed E-state index contributed by atoms with van der Waals surface area (Å²) in [4.78, 5) is 10.7. The molecular weight excluding hydrogens is 220 g/mol. The first kappa shape index (κ1) is 12.4. The van der Waals surface area contributed by atoms with E-state index in [0.717, 1.165) is 0 Å². The molecule has 0 aliphatic carbocycles. The molecule has 1 aromatic carbocycles. The number of carboxylic acid groups (broad SMARTS) is 1. The van der Waals surface area contributed by atoms with E-state index in [2.05, 4.69) is 0 Å². The second kappa shape index (κ2) is 4.44. The van der Waals surface area contributed by atoms with E-state index in [9.17, 15) is 13.6 Å². The molecule has 0 spiro atoms. The zero-order chi connectivity index (χ0) is 12.3. The molecule has 4 nitrogen and oxygen atoms in total. The molecule has 0 unspecified atom stereocenters. The topological polar surface area (TPSA) is 83.5 Å². The predicted molar refractivity (Wildman–Crippen MR) is 52.4 cm³/mol. The van der Waals surface area contributed by atoms with Crippen molar-refractivity contribution in [2.24, 2.45) is 5.73 Å². The van der Waals surface area contributed by atoms with Crippen molar-refractivity contribution in [3.63, 3.8) is 0 Å². The smallest absolute Gasteiger partial charge is 0.330 e. The van der Waals surface area contributed by atoms with Gasteiger partial charge in [-0.15, -0.1) is 0 Å². The van der Waals surface area contributed by atoms with Crippen LogP contribution >= 0.6 is 0 Å². The summed E-state index contributed by atoms with van der Waals surface area (Å²) in [7, 11) is 0. The van der Waals surface area contributed by atoms with Crippen LogP contribution in [-0.4, -0.2) is 28.1 Å². The molecule has 0 saturated carbocycles. The van der Waals surface area contributed by atoms with Gasteiger partial charge in [0.05, 0.1) is 0 Å². The zero-order valence-electron chi connectivity index (χ0n) is 8.23. The highest BCUT2D eigenvalue weighted by Crippen LogP contribution is 2.21. The van der Waals surface area contributed by atoms with E-state index < -0.39 is 24.4 Å². The van der Waals surface area contributed by atoms with Crippen LogP contribution in [0.2, 0.25) is 0 Å². The minimum atomic E-state index is -3.19. The molecule has 0 aromatic heterocycles. The van der Waals surface area contributed by atoms with Gasteiger partial charge in [-0.25, -0.2) is 13.6 Å². The van der Waals surface area contributed by atoms with Gasteiger partial charge in [-0.3, -0.25) is 0 Å². The standard InChI is InChI=1S/C10H11F2NO3/c11-8(12)10(13,9(15)16)5-6-2-1-3-7(14)4-6/h1-4,8,14H,5,13H2,(H,15,16)/t10-/m1/s1. The molecule has 0 bridgehead atoms. The average Bonchev–Trinajstić information content (AvgIpc) is 2.16. The molecule has 0 aliphatic rings. The Morgan fingerprint density at radius 2 is 2.12 bits per heavy atom. The van der Waals surface area contributed by atoms with Crippen LogP contribution in [0.3, 0.4) is 0 Å². The Balaban J connectivity index is 2.97. The zero-order valence-corrected chi connectivity index (χ0v) is 8.23. The van der Waals surface area contributed by atoms with E-state index in [1.165, 1.54) is 24.3 Å². The first-order valence-electron chi connectivity index (χ1n) is 4.44. The van der Waals surface area contributed by atoms with Crippen LogP contribution in [0.4, 0.5) is 8.78 Å². The number of phenols is 1. The lowest BCUT2D eigenvalue weighted by Crippen LogP contribution is -2.55. The van der Waals surface area contributed by atoms with Gasteiger partial charge in [-0.05, 0) is 17.7 Å². The van der Waals surface area contributed by atoms with Gasteiger partial charge in [0.25, 0.3) is 6.43 Å². The third kappa shape index (κ3) is 2.46. The van der Waals surface area contributed by atoms with Crippen LogP contribution in [0.5, 0.6) is 5.75 Å². The molecule has 88 valence electrons. The molecule has 0 saturated heterocycles. The van der Waals surface area contributed by atoms with Gasteiger partial charge >= 0.3 is 5.97 Å². The van der Waals surface area contributed by atoms with E-state index in [1.54, 1.807) is 0 Å². The number of rotatable bonds is 4. The van der Waals surface area contributed by atoms with Crippen molar-refractivity contribution in [1.82, 2.24) is 0 Å². The molecule has 0 heterocycles. The molecule has 0 amide bonds. The van der Waals surface area contributed by atoms with Crippen LogP contribution in [0.15, 0.2) is 24.3 Å². The third-order valence-corrected chi connectivity index (χ3v) is 2.19. The number of hydrogen-bond acceptors (Lipinski definition) is 3. The van der Waals surface area contributed by atoms with E-state index >= 15 is 0 Å². The molecule has 4 N–H and O–H groups in total. The Hall–Kier alpha value is -1.69. The summed E-state index contributed by atoms with van der Waals surface area (Å²) in [5.74, 6) is -1.90. The van der Waals surface area contributed by atoms with Gasteiger partial charge in [0.2, 0.25) is 0 Å². The SMILES string of the molecule is N[C@@](Cc1cccc(O)c1)(C(=O)O)C(F)F. The molecule has 0 fully saturated rings. The highest BCUT2D eigenvalue weighted by Gasteiger charge is 2.43. The Morgan fingerprint density at radius 3 is 2.56 bits per heavy atom. The van der Waals surface area contributed by atoms with Crippen molar-refractivity contribution in [2.75, 3.05) is 0 Å². The minimum Gasteiger partial charge on any atom is -0.508 e. The second-order valence-corrected chi connectivity index (χ2v) is 3.49. The Kier molecular flexibility index (Phi) is 3.44. The van der Waals surface area contributed by atoms with Crippen LogP contribution in [0.1, 0.15) is 5.56 Å². The van der Waals surface area contributed by atoms with Crippen molar-refractivity contribution >= 4 is 5.97 Å². The molecule has 0 radical (unpaired) electrons. The van der Waals surface area contributed by atoms with E-state index in [0.29, 0.717) is 0 Å². The van der Waals surface area contributed by atoms with Crippen molar-refractivity contribution < 1.29 is 23.8 Å². The van der Waals surface area contributed by atoms with Gasteiger partial charge in [0.1, 0.15) is 5.75 Å². The first-order chi connectivity index (χ1) is 7.36. The number of phenolic OH excluding ortho intramolecular Hbond substituents is 1. The fourth-order valence-electron chi connectivity index (χ4n) is 1.25. The highest BCUT2D eigenvalue weighted by molar-refractivity contribution is 5.79. The number of hydrogen-bond donors (Lipinski definition) is 3. The van der Waals surface area contributed by atoms with Crippen molar-refractivity contribution in [1.29, 1.82) is 0 Å². The summed E-state index contributed by atoms with van der Waals surface area (Å²) in [6, 6.07) is 5.41. The van der Waals surface area contributed by atoms with Crippen molar-refractivity contribution in [3.8, 4) is 5.75 Å². The van der Waals surface area contributed by atoms with Gasteiger partial charge in [0.15, 0.2) is 5.54 Å². The quantitative estimate of drug-likeness (QED) is 0.721. The lowest BCUT2D eigenvalue weighted by atomic mass is 9.92. The highest BCUT2D eigenvalue weighted by atomic mass is 19.3. The number of alkyl halides is 2. The summed E-state index contributed by atoms with van der Waals surface area (Å²) in [5, 5.41) is 17.8. The monoisotopic (exact) mass is 231 g/mol. The normalized spacial score (nSPS) is 14.8. The Morgan fingerprint density at radius 1 is 1.50 bits per heavy atom. The largest absolute Gasteiger partial charge is 0.508 e. The fraction of sp³-hybridized carbons (Fsp3) is 0.300. The second-order valence-electron chi connectivity index (χ2n) is 3.49. The summed E-state index contributed by atoms with van der Waals surface area (Å²) in [6.07, 6.45) is -3.73. The summed E-state index contributed by atoms with van der Waals surface area (Å²) < 4.78 is 25.1. The number of carbonyl (C=O) groups is 1. The van der Waals surface area contributed by atoms with E-state index in [-0.39, 0.29) is 11.3 Å². The number of halogens is 2. The molecular formula is C10H11F2NO3. The van der Waals surface area contributed by atoms with Crippen LogP contribution in [0.25, 0.3) is 0 Å². The molecule has 0 aliphatic heterocycles. The Bertz CT molecular complexity index is 397. The lowest BCUT2D eigenvalue weighted by Gasteiger charge is -2.23. The number of carboxylic acids is 1. The lowest BCUT2D eigenvalue weighted by molar-refractivity contribution is -0.149. The van der Waals surface area contributed by atoms with Crippen molar-refractivity contribution in [3.05, 3.63) is 29.8 Å². The van der Waals surface area contributed by atoms with Crippen molar-refractivity contribution in [2.45, 2.75) is 18.4 Å². The van der Waals surface area contributed by atoms with Gasteiger partial charge < -0.3 is 15.9 Å². The van der Waals surface area contributed by atoms with E-state index in [4.69, 9.17) is 15.9 Å². The minimum absolute atomic E-state index is 0.125. The fourth-order valence-corrected chi connectivity index (χ4v) is 1.25. The maximum Gasteiger partial charge on any atom is 0.330 e. The maximum absolute atomic E-state index is 12.6. The van der Waals surface area contributed by atoms with Gasteiger partial charge in [-0.1, -0.05) is 12.1 Å². The summed E-state index contributed by atoms with van der Waals surface area (Å²) in [5.41, 5.74) is 2.74. The van der Waals surface area contributed by atoms with E-state index in [1.807, 2.05) is 0 Å². The number of aliphatic carboxylic acids is 1. The molecule has 16 heavy (non-hydrogen) atoms. The number of benzene rings is 1. The Labute approximate surface area is 90.3 Å². The molecule has 1 rings (SSSR count). The van der Waals surface area contributed by atoms with Gasteiger partial charge in [-0.2, -0.15) is 0 Å². The average molecular weight is 231 g/mol. The summed E-state index contributed by atoms with van der Waals surface area (Å²) in [6.45, 7) is 0. The van der Waals surface area contributed by atoms with Crippen LogP contribution in [-0.2, 0) is 11.2 Å².